The molecule has 0 spiro atoms. The predicted octanol–water partition coefficient (Wildman–Crippen LogP) is 4.14. The normalized spacial score (nSPS) is 15.0. The quantitative estimate of drug-likeness (QED) is 0.810. The van der Waals surface area contributed by atoms with Gasteiger partial charge in [0, 0.05) is 39.8 Å². The van der Waals surface area contributed by atoms with E-state index in [2.05, 4.69) is 21.2 Å². The molecule has 1 heterocycles. The van der Waals surface area contributed by atoms with Crippen molar-refractivity contribution in [3.8, 4) is 0 Å². The Balaban J connectivity index is 1.54. The maximum atomic E-state index is 12.5. The molecule has 2 aromatic rings. The van der Waals surface area contributed by atoms with Gasteiger partial charge < -0.3 is 10.2 Å². The summed E-state index contributed by atoms with van der Waals surface area (Å²) < 4.78 is 0.892. The summed E-state index contributed by atoms with van der Waals surface area (Å²) in [4.78, 5) is 26.6. The van der Waals surface area contributed by atoms with Gasteiger partial charge in [0.2, 0.25) is 0 Å². The lowest BCUT2D eigenvalue weighted by Crippen LogP contribution is -2.46. The number of halogens is 2. The smallest absolute Gasteiger partial charge is 0.253 e. The van der Waals surface area contributed by atoms with Crippen molar-refractivity contribution in [2.24, 2.45) is 0 Å². The van der Waals surface area contributed by atoms with Crippen LogP contribution in [0.3, 0.4) is 0 Å². The van der Waals surface area contributed by atoms with Crippen molar-refractivity contribution in [1.82, 2.24) is 10.2 Å². The third kappa shape index (κ3) is 4.61. The number of carbonyl (C=O) groups is 2. The fraction of sp³-hybridized carbons (Fsp3) is 0.263. The van der Waals surface area contributed by atoms with Crippen molar-refractivity contribution in [2.45, 2.75) is 18.9 Å². The standard InChI is InChI=1S/C19H18BrClN2O2/c20-15-3-1-2-14(12-15)19(25)23-10-8-17(9-11-23)22-18(24)13-4-6-16(21)7-5-13/h1-7,12,17H,8-11H2,(H,22,24). The minimum absolute atomic E-state index is 0.0313. The summed E-state index contributed by atoms with van der Waals surface area (Å²) >= 11 is 9.23. The largest absolute Gasteiger partial charge is 0.349 e. The molecular formula is C19H18BrClN2O2. The zero-order valence-electron chi connectivity index (χ0n) is 13.5. The van der Waals surface area contributed by atoms with E-state index in [0.717, 1.165) is 17.3 Å². The lowest BCUT2D eigenvalue weighted by Gasteiger charge is -2.32. The average molecular weight is 422 g/mol. The molecule has 3 rings (SSSR count). The Morgan fingerprint density at radius 3 is 2.36 bits per heavy atom. The first-order valence-electron chi connectivity index (χ1n) is 8.14. The van der Waals surface area contributed by atoms with Crippen molar-refractivity contribution >= 4 is 39.3 Å². The Morgan fingerprint density at radius 2 is 1.72 bits per heavy atom. The molecule has 1 N–H and O–H groups in total. The lowest BCUT2D eigenvalue weighted by atomic mass is 10.0. The van der Waals surface area contributed by atoms with Crippen molar-refractivity contribution in [3.05, 3.63) is 69.2 Å². The van der Waals surface area contributed by atoms with E-state index in [9.17, 15) is 9.59 Å². The van der Waals surface area contributed by atoms with E-state index in [1.165, 1.54) is 0 Å². The van der Waals surface area contributed by atoms with E-state index >= 15 is 0 Å². The number of nitrogens with one attached hydrogen (secondary N) is 1. The first-order chi connectivity index (χ1) is 12.0. The van der Waals surface area contributed by atoms with Crippen LogP contribution in [0.1, 0.15) is 33.6 Å². The SMILES string of the molecule is O=C(NC1CCN(C(=O)c2cccc(Br)c2)CC1)c1ccc(Cl)cc1. The van der Waals surface area contributed by atoms with Gasteiger partial charge in [0.15, 0.2) is 0 Å². The molecule has 25 heavy (non-hydrogen) atoms. The summed E-state index contributed by atoms with van der Waals surface area (Å²) in [6, 6.07) is 14.3. The Hall–Kier alpha value is -1.85. The highest BCUT2D eigenvalue weighted by atomic mass is 79.9. The number of hydrogen-bond acceptors (Lipinski definition) is 2. The molecule has 2 amide bonds. The number of amides is 2. The second kappa shape index (κ2) is 8.02. The van der Waals surface area contributed by atoms with Crippen molar-refractivity contribution < 1.29 is 9.59 Å². The maximum absolute atomic E-state index is 12.5. The van der Waals surface area contributed by atoms with Gasteiger partial charge in [-0.1, -0.05) is 33.6 Å². The molecule has 1 fully saturated rings. The Morgan fingerprint density at radius 1 is 1.04 bits per heavy atom. The molecule has 1 aliphatic rings. The second-order valence-corrected chi connectivity index (χ2v) is 7.41. The van der Waals surface area contributed by atoms with Gasteiger partial charge in [-0.3, -0.25) is 9.59 Å². The van der Waals surface area contributed by atoms with Crippen molar-refractivity contribution in [2.75, 3.05) is 13.1 Å². The lowest BCUT2D eigenvalue weighted by molar-refractivity contribution is 0.0698. The number of carbonyl (C=O) groups excluding carboxylic acids is 2. The predicted molar refractivity (Wildman–Crippen MR) is 102 cm³/mol. The van der Waals surface area contributed by atoms with Crippen LogP contribution >= 0.6 is 27.5 Å². The van der Waals surface area contributed by atoms with Gasteiger partial charge in [-0.2, -0.15) is 0 Å². The van der Waals surface area contributed by atoms with Gasteiger partial charge in [-0.05, 0) is 55.3 Å². The van der Waals surface area contributed by atoms with Crippen LogP contribution in [0.25, 0.3) is 0 Å². The summed E-state index contributed by atoms with van der Waals surface area (Å²) in [5, 5.41) is 3.64. The summed E-state index contributed by atoms with van der Waals surface area (Å²) in [5.74, 6) is -0.0720. The third-order valence-electron chi connectivity index (χ3n) is 4.30. The fourth-order valence-corrected chi connectivity index (χ4v) is 3.43. The number of nitrogens with zero attached hydrogens (tertiary/aromatic N) is 1. The highest BCUT2D eigenvalue weighted by Crippen LogP contribution is 2.18. The fourth-order valence-electron chi connectivity index (χ4n) is 2.90. The molecule has 0 atom stereocenters. The molecule has 0 aromatic heterocycles. The molecule has 1 saturated heterocycles. The number of benzene rings is 2. The highest BCUT2D eigenvalue weighted by molar-refractivity contribution is 9.10. The molecule has 0 bridgehead atoms. The van der Waals surface area contributed by atoms with E-state index in [1.807, 2.05) is 29.2 Å². The molecule has 1 aliphatic heterocycles. The van der Waals surface area contributed by atoms with Crippen LogP contribution in [0, 0.1) is 0 Å². The van der Waals surface area contributed by atoms with Crippen LogP contribution in [0.15, 0.2) is 53.0 Å². The zero-order chi connectivity index (χ0) is 17.8. The monoisotopic (exact) mass is 420 g/mol. The summed E-state index contributed by atoms with van der Waals surface area (Å²) in [7, 11) is 0. The van der Waals surface area contributed by atoms with Gasteiger partial charge in [0.05, 0.1) is 0 Å². The van der Waals surface area contributed by atoms with Crippen LogP contribution in [0.5, 0.6) is 0 Å². The second-order valence-electron chi connectivity index (χ2n) is 6.06. The Bertz CT molecular complexity index is 771. The summed E-state index contributed by atoms with van der Waals surface area (Å²) in [5.41, 5.74) is 1.27. The average Bonchev–Trinajstić information content (AvgIpc) is 2.62. The Kier molecular flexibility index (Phi) is 5.76. The highest BCUT2D eigenvalue weighted by Gasteiger charge is 2.24. The van der Waals surface area contributed by atoms with Crippen LogP contribution < -0.4 is 5.32 Å². The Labute approximate surface area is 160 Å². The molecule has 2 aromatic carbocycles. The third-order valence-corrected chi connectivity index (χ3v) is 5.04. The van der Waals surface area contributed by atoms with Gasteiger partial charge in [-0.15, -0.1) is 0 Å². The van der Waals surface area contributed by atoms with Crippen molar-refractivity contribution in [1.29, 1.82) is 0 Å². The molecular weight excluding hydrogens is 404 g/mol. The number of piperidine rings is 1. The van der Waals surface area contributed by atoms with Gasteiger partial charge in [0.1, 0.15) is 0 Å². The molecule has 0 saturated carbocycles. The minimum atomic E-state index is -0.103. The van der Waals surface area contributed by atoms with E-state index in [4.69, 9.17) is 11.6 Å². The first kappa shape index (κ1) is 18.0. The van der Waals surface area contributed by atoms with Gasteiger partial charge in [0.25, 0.3) is 11.8 Å². The van der Waals surface area contributed by atoms with Crippen LogP contribution in [-0.2, 0) is 0 Å². The summed E-state index contributed by atoms with van der Waals surface area (Å²) in [6.45, 7) is 1.27. The maximum Gasteiger partial charge on any atom is 0.253 e. The van der Waals surface area contributed by atoms with E-state index < -0.39 is 0 Å². The van der Waals surface area contributed by atoms with E-state index in [1.54, 1.807) is 24.3 Å². The van der Waals surface area contributed by atoms with Crippen LogP contribution in [-0.4, -0.2) is 35.8 Å². The summed E-state index contributed by atoms with van der Waals surface area (Å²) in [6.07, 6.45) is 1.50. The first-order valence-corrected chi connectivity index (χ1v) is 9.31. The molecule has 0 radical (unpaired) electrons. The van der Waals surface area contributed by atoms with E-state index in [0.29, 0.717) is 29.2 Å². The van der Waals surface area contributed by atoms with Crippen LogP contribution in [0.2, 0.25) is 5.02 Å². The number of hydrogen-bond donors (Lipinski definition) is 1. The zero-order valence-corrected chi connectivity index (χ0v) is 15.9. The molecule has 130 valence electrons. The van der Waals surface area contributed by atoms with Crippen LogP contribution in [0.4, 0.5) is 0 Å². The number of likely N-dealkylation sites (tertiary alicyclic amines) is 1. The van der Waals surface area contributed by atoms with Gasteiger partial charge >= 0.3 is 0 Å². The molecule has 0 aliphatic carbocycles. The minimum Gasteiger partial charge on any atom is -0.349 e. The number of rotatable bonds is 3. The molecule has 4 nitrogen and oxygen atoms in total. The van der Waals surface area contributed by atoms with Gasteiger partial charge in [-0.25, -0.2) is 0 Å². The molecule has 0 unspecified atom stereocenters. The topological polar surface area (TPSA) is 49.4 Å². The van der Waals surface area contributed by atoms with Crippen molar-refractivity contribution in [3.63, 3.8) is 0 Å². The molecule has 6 heteroatoms. The van der Waals surface area contributed by atoms with E-state index in [-0.39, 0.29) is 17.9 Å².